The lowest BCUT2D eigenvalue weighted by atomic mass is 9.88. The van der Waals surface area contributed by atoms with Crippen molar-refractivity contribution in [2.45, 2.75) is 48.0 Å². The molecule has 2 aromatic carbocycles. The van der Waals surface area contributed by atoms with E-state index in [9.17, 15) is 4.79 Å². The van der Waals surface area contributed by atoms with Crippen LogP contribution in [0, 0.1) is 41.5 Å². The first-order chi connectivity index (χ1) is 14.3. The molecule has 1 amide bonds. The van der Waals surface area contributed by atoms with Gasteiger partial charge in [0.1, 0.15) is 5.76 Å². The van der Waals surface area contributed by atoms with E-state index in [1.54, 1.807) is 6.07 Å². The molecule has 0 fully saturated rings. The smallest absolute Gasteiger partial charge is 0.293 e. The number of carbonyl (C=O) groups is 1. The van der Waals surface area contributed by atoms with E-state index >= 15 is 0 Å². The first-order valence-electron chi connectivity index (χ1n) is 10.1. The van der Waals surface area contributed by atoms with Gasteiger partial charge in [-0.15, -0.1) is 0 Å². The number of hydrogen-bond acceptors (Lipinski definition) is 4. The first-order valence-corrected chi connectivity index (χ1v) is 10.9. The lowest BCUT2D eigenvalue weighted by molar-refractivity contribution is 0.0995. The number of fused-ring (bicyclic) bond motifs is 1. The summed E-state index contributed by atoms with van der Waals surface area (Å²) in [6, 6.07) is 9.66. The Hall–Kier alpha value is -2.92. The summed E-state index contributed by atoms with van der Waals surface area (Å²) >= 11 is 1.47. The second kappa shape index (κ2) is 7.73. The van der Waals surface area contributed by atoms with Crippen LogP contribution < -0.4 is 5.32 Å². The van der Waals surface area contributed by atoms with Crippen molar-refractivity contribution < 1.29 is 9.21 Å². The van der Waals surface area contributed by atoms with Crippen LogP contribution in [0.25, 0.3) is 10.2 Å². The van der Waals surface area contributed by atoms with Crippen LogP contribution in [0.15, 0.2) is 34.7 Å². The van der Waals surface area contributed by atoms with Gasteiger partial charge in [0.25, 0.3) is 5.91 Å². The van der Waals surface area contributed by atoms with Crippen molar-refractivity contribution in [2.75, 3.05) is 5.32 Å². The number of hydrogen-bond donors (Lipinski definition) is 1. The topological polar surface area (TPSA) is 55.1 Å². The van der Waals surface area contributed by atoms with Gasteiger partial charge in [-0.2, -0.15) is 0 Å². The number of carbonyl (C=O) groups excluding carboxylic acids is 1. The Labute approximate surface area is 181 Å². The van der Waals surface area contributed by atoms with Gasteiger partial charge in [-0.05, 0) is 98.7 Å². The SMILES string of the molecule is Cc1c(C)c(C)c(Cc2ccc(C(=O)Nc3nc4c(C)cccc4s3)o2)c(C)c1C. The quantitative estimate of drug-likeness (QED) is 0.407. The van der Waals surface area contributed by atoms with Crippen molar-refractivity contribution in [1.82, 2.24) is 4.98 Å². The van der Waals surface area contributed by atoms with Gasteiger partial charge in [-0.25, -0.2) is 4.98 Å². The van der Waals surface area contributed by atoms with Gasteiger partial charge >= 0.3 is 0 Å². The monoisotopic (exact) mass is 418 g/mol. The molecule has 0 aliphatic heterocycles. The predicted molar refractivity (Wildman–Crippen MR) is 124 cm³/mol. The largest absolute Gasteiger partial charge is 0.456 e. The Morgan fingerprint density at radius 3 is 2.27 bits per heavy atom. The van der Waals surface area contributed by atoms with E-state index in [-0.39, 0.29) is 5.91 Å². The van der Waals surface area contributed by atoms with Crippen molar-refractivity contribution in [3.05, 3.63) is 80.8 Å². The second-order valence-corrected chi connectivity index (χ2v) is 8.97. The van der Waals surface area contributed by atoms with E-state index in [0.717, 1.165) is 21.5 Å². The highest BCUT2D eigenvalue weighted by Crippen LogP contribution is 2.30. The Balaban J connectivity index is 1.55. The number of aryl methyl sites for hydroxylation is 1. The van der Waals surface area contributed by atoms with Gasteiger partial charge in [-0.3, -0.25) is 10.1 Å². The van der Waals surface area contributed by atoms with Crippen LogP contribution >= 0.6 is 11.3 Å². The molecule has 0 atom stereocenters. The molecule has 4 nitrogen and oxygen atoms in total. The average molecular weight is 419 g/mol. The van der Waals surface area contributed by atoms with Crippen molar-refractivity contribution in [2.24, 2.45) is 0 Å². The number of furan rings is 1. The van der Waals surface area contributed by atoms with Crippen molar-refractivity contribution in [3.8, 4) is 0 Å². The highest BCUT2D eigenvalue weighted by Gasteiger charge is 2.17. The number of amides is 1. The fourth-order valence-electron chi connectivity index (χ4n) is 3.91. The minimum absolute atomic E-state index is 0.275. The molecule has 4 aromatic rings. The number of thiazole rings is 1. The molecule has 0 spiro atoms. The number of para-hydroxylation sites is 1. The molecular formula is C25H26N2O2S. The fourth-order valence-corrected chi connectivity index (χ4v) is 4.85. The molecule has 0 aliphatic carbocycles. The summed E-state index contributed by atoms with van der Waals surface area (Å²) < 4.78 is 6.96. The van der Waals surface area contributed by atoms with Crippen LogP contribution in [-0.2, 0) is 6.42 Å². The van der Waals surface area contributed by atoms with Crippen molar-refractivity contribution in [3.63, 3.8) is 0 Å². The molecule has 154 valence electrons. The van der Waals surface area contributed by atoms with Crippen LogP contribution in [0.3, 0.4) is 0 Å². The fraction of sp³-hybridized carbons (Fsp3) is 0.280. The van der Waals surface area contributed by atoms with E-state index in [1.165, 1.54) is 44.7 Å². The number of aromatic nitrogens is 1. The third kappa shape index (κ3) is 3.54. The molecule has 0 bridgehead atoms. The number of nitrogens with zero attached hydrogens (tertiary/aromatic N) is 1. The number of anilines is 1. The summed E-state index contributed by atoms with van der Waals surface area (Å²) in [6.45, 7) is 12.9. The Morgan fingerprint density at radius 1 is 0.933 bits per heavy atom. The molecule has 0 saturated carbocycles. The van der Waals surface area contributed by atoms with E-state index in [1.807, 2.05) is 31.2 Å². The van der Waals surface area contributed by atoms with Gasteiger partial charge in [0.05, 0.1) is 10.2 Å². The molecular weight excluding hydrogens is 392 g/mol. The van der Waals surface area contributed by atoms with Gasteiger partial charge in [0.2, 0.25) is 0 Å². The molecule has 2 aromatic heterocycles. The van der Waals surface area contributed by atoms with Crippen LogP contribution in [0.1, 0.15) is 55.3 Å². The summed E-state index contributed by atoms with van der Waals surface area (Å²) in [4.78, 5) is 17.2. The standard InChI is InChI=1S/C25H26N2O2S/c1-13-8-7-9-22-23(13)26-25(30-22)27-24(28)21-11-10-19(29-21)12-20-17(5)15(3)14(2)16(4)18(20)6/h7-11H,12H2,1-6H3,(H,26,27,28). The summed E-state index contributed by atoms with van der Waals surface area (Å²) in [6.07, 6.45) is 0.674. The third-order valence-corrected chi connectivity index (χ3v) is 7.17. The second-order valence-electron chi connectivity index (χ2n) is 7.94. The molecule has 5 heteroatoms. The van der Waals surface area contributed by atoms with Crippen LogP contribution in [0.4, 0.5) is 5.13 Å². The molecule has 0 unspecified atom stereocenters. The maximum Gasteiger partial charge on any atom is 0.293 e. The first kappa shape index (κ1) is 20.4. The summed E-state index contributed by atoms with van der Waals surface area (Å²) in [5.74, 6) is 0.814. The van der Waals surface area contributed by atoms with Gasteiger partial charge in [-0.1, -0.05) is 23.5 Å². The Kier molecular flexibility index (Phi) is 5.24. The summed E-state index contributed by atoms with van der Waals surface area (Å²) in [5.41, 5.74) is 9.88. The maximum absolute atomic E-state index is 12.7. The van der Waals surface area contributed by atoms with Crippen LogP contribution in [-0.4, -0.2) is 10.9 Å². The minimum atomic E-state index is -0.275. The van der Waals surface area contributed by atoms with Crippen LogP contribution in [0.5, 0.6) is 0 Å². The van der Waals surface area contributed by atoms with E-state index in [0.29, 0.717) is 17.3 Å². The lowest BCUT2D eigenvalue weighted by Gasteiger charge is -2.18. The number of benzene rings is 2. The third-order valence-electron chi connectivity index (χ3n) is 6.23. The minimum Gasteiger partial charge on any atom is -0.456 e. The number of nitrogens with one attached hydrogen (secondary N) is 1. The van der Waals surface area contributed by atoms with Gasteiger partial charge in [0, 0.05) is 6.42 Å². The Morgan fingerprint density at radius 2 is 1.60 bits per heavy atom. The van der Waals surface area contributed by atoms with E-state index in [2.05, 4.69) is 44.9 Å². The van der Waals surface area contributed by atoms with Crippen LogP contribution in [0.2, 0.25) is 0 Å². The van der Waals surface area contributed by atoms with E-state index < -0.39 is 0 Å². The molecule has 0 saturated heterocycles. The molecule has 0 radical (unpaired) electrons. The van der Waals surface area contributed by atoms with E-state index in [4.69, 9.17) is 4.42 Å². The molecule has 2 heterocycles. The zero-order chi connectivity index (χ0) is 21.6. The zero-order valence-corrected chi connectivity index (χ0v) is 19.1. The highest BCUT2D eigenvalue weighted by molar-refractivity contribution is 7.22. The zero-order valence-electron chi connectivity index (χ0n) is 18.3. The van der Waals surface area contributed by atoms with Crippen molar-refractivity contribution in [1.29, 1.82) is 0 Å². The van der Waals surface area contributed by atoms with Gasteiger partial charge < -0.3 is 4.42 Å². The molecule has 1 N–H and O–H groups in total. The molecule has 30 heavy (non-hydrogen) atoms. The predicted octanol–water partition coefficient (Wildman–Crippen LogP) is 6.58. The maximum atomic E-state index is 12.7. The average Bonchev–Trinajstić information content (AvgIpc) is 3.36. The summed E-state index contributed by atoms with van der Waals surface area (Å²) in [5, 5.41) is 3.46. The number of rotatable bonds is 4. The highest BCUT2D eigenvalue weighted by atomic mass is 32.1. The lowest BCUT2D eigenvalue weighted by Crippen LogP contribution is -2.10. The Bertz CT molecular complexity index is 1250. The molecule has 0 aliphatic rings. The van der Waals surface area contributed by atoms with Gasteiger partial charge in [0.15, 0.2) is 10.9 Å². The molecule has 4 rings (SSSR count). The summed E-state index contributed by atoms with van der Waals surface area (Å²) in [7, 11) is 0. The normalized spacial score (nSPS) is 11.3. The van der Waals surface area contributed by atoms with Crippen molar-refractivity contribution >= 4 is 32.6 Å².